The van der Waals surface area contributed by atoms with E-state index in [0.717, 1.165) is 12.8 Å². The molecule has 0 unspecified atom stereocenters. The van der Waals surface area contributed by atoms with Gasteiger partial charge in [0.25, 0.3) is 5.91 Å². The van der Waals surface area contributed by atoms with E-state index in [2.05, 4.69) is 46.8 Å². The number of ether oxygens (including phenoxy) is 2. The van der Waals surface area contributed by atoms with E-state index in [1.807, 2.05) is 4.90 Å². The molecule has 2 aliphatic heterocycles. The molecule has 6 rings (SSSR count). The van der Waals surface area contributed by atoms with Crippen LogP contribution in [0.5, 0.6) is 11.5 Å². The molecule has 0 atom stereocenters. The number of aromatic nitrogens is 2. The Hall–Kier alpha value is -4.07. The fourth-order valence-corrected chi connectivity index (χ4v) is 5.02. The van der Waals surface area contributed by atoms with Crippen molar-refractivity contribution in [1.82, 2.24) is 14.7 Å². The van der Waals surface area contributed by atoms with E-state index in [4.69, 9.17) is 9.47 Å². The van der Waals surface area contributed by atoms with Gasteiger partial charge < -0.3 is 19.7 Å². The molecule has 1 spiro atoms. The number of carbonyl (C=O) groups is 2. The molecule has 3 aliphatic rings. The minimum Gasteiger partial charge on any atom is -0.454 e. The number of hydrogen-bond acceptors (Lipinski definition) is 5. The molecule has 34 heavy (non-hydrogen) atoms. The van der Waals surface area contributed by atoms with Crippen LogP contribution in [0.15, 0.2) is 60.9 Å². The SMILES string of the molecule is O=C(Nc1cnn(CC(=O)N2CCC3(C=Cc4ccccc43)CC2)c1)c1ccc2c(c1)OCO2. The number of hydrogen-bond donors (Lipinski definition) is 1. The van der Waals surface area contributed by atoms with Gasteiger partial charge in [0.05, 0.1) is 11.9 Å². The number of nitrogens with zero attached hydrogens (tertiary/aromatic N) is 3. The molecular weight excluding hydrogens is 432 g/mol. The number of fused-ring (bicyclic) bond motifs is 3. The number of piperidine rings is 1. The maximum Gasteiger partial charge on any atom is 0.255 e. The number of likely N-dealkylation sites (tertiary alicyclic amines) is 1. The summed E-state index contributed by atoms with van der Waals surface area (Å²) in [5, 5.41) is 7.07. The summed E-state index contributed by atoms with van der Waals surface area (Å²) < 4.78 is 12.2. The molecule has 1 fully saturated rings. The van der Waals surface area contributed by atoms with Gasteiger partial charge in [0, 0.05) is 30.3 Å². The zero-order valence-electron chi connectivity index (χ0n) is 18.6. The molecule has 2 amide bonds. The molecule has 8 nitrogen and oxygen atoms in total. The molecule has 3 heterocycles. The van der Waals surface area contributed by atoms with Gasteiger partial charge in [-0.3, -0.25) is 14.3 Å². The summed E-state index contributed by atoms with van der Waals surface area (Å²) in [5.74, 6) is 0.922. The lowest BCUT2D eigenvalue weighted by Gasteiger charge is -2.39. The van der Waals surface area contributed by atoms with Gasteiger partial charge in [-0.1, -0.05) is 36.4 Å². The maximum atomic E-state index is 12.9. The van der Waals surface area contributed by atoms with Gasteiger partial charge in [-0.05, 0) is 42.2 Å². The Labute approximate surface area is 196 Å². The Morgan fingerprint density at radius 1 is 1.06 bits per heavy atom. The minimum atomic E-state index is -0.282. The van der Waals surface area contributed by atoms with Gasteiger partial charge in [-0.25, -0.2) is 0 Å². The molecular formula is C26H24N4O4. The first-order valence-electron chi connectivity index (χ1n) is 11.4. The summed E-state index contributed by atoms with van der Waals surface area (Å²) in [6.07, 6.45) is 9.57. The Bertz CT molecular complexity index is 1300. The summed E-state index contributed by atoms with van der Waals surface area (Å²) in [4.78, 5) is 27.4. The number of anilines is 1. The predicted molar refractivity (Wildman–Crippen MR) is 126 cm³/mol. The van der Waals surface area contributed by atoms with Crippen LogP contribution in [0.2, 0.25) is 0 Å². The van der Waals surface area contributed by atoms with E-state index < -0.39 is 0 Å². The number of nitrogens with one attached hydrogen (secondary N) is 1. The highest BCUT2D eigenvalue weighted by atomic mass is 16.7. The van der Waals surface area contributed by atoms with Crippen LogP contribution < -0.4 is 14.8 Å². The average molecular weight is 457 g/mol. The molecule has 3 aromatic rings. The summed E-state index contributed by atoms with van der Waals surface area (Å²) in [6.45, 7) is 1.72. The lowest BCUT2D eigenvalue weighted by atomic mass is 9.74. The van der Waals surface area contributed by atoms with Crippen LogP contribution in [-0.4, -0.2) is 46.4 Å². The molecule has 0 bridgehead atoms. The van der Waals surface area contributed by atoms with Crippen molar-refractivity contribution in [2.45, 2.75) is 24.8 Å². The van der Waals surface area contributed by atoms with Gasteiger partial charge in [-0.2, -0.15) is 5.10 Å². The van der Waals surface area contributed by atoms with Crippen molar-refractivity contribution in [2.24, 2.45) is 0 Å². The smallest absolute Gasteiger partial charge is 0.255 e. The first kappa shape index (κ1) is 20.5. The predicted octanol–water partition coefficient (Wildman–Crippen LogP) is 3.45. The standard InChI is InChI=1S/C26H24N4O4/c31-24(29-11-9-26(10-12-29)8-7-18-3-1-2-4-21(18)26)16-30-15-20(14-27-30)28-25(32)19-5-6-22-23(13-19)34-17-33-22/h1-8,13-15H,9-12,16-17H2,(H,28,32). The molecule has 0 saturated carbocycles. The number of allylic oxidation sites excluding steroid dienone is 1. The second-order valence-corrected chi connectivity index (χ2v) is 8.91. The summed E-state index contributed by atoms with van der Waals surface area (Å²) in [5.41, 5.74) is 3.69. The minimum absolute atomic E-state index is 0.0295. The van der Waals surface area contributed by atoms with Crippen LogP contribution >= 0.6 is 0 Å². The fraction of sp³-hybridized carbons (Fsp3) is 0.269. The fourth-order valence-electron chi connectivity index (χ4n) is 5.02. The van der Waals surface area contributed by atoms with Crippen molar-refractivity contribution in [3.8, 4) is 11.5 Å². The molecule has 1 N–H and O–H groups in total. The van der Waals surface area contributed by atoms with Crippen LogP contribution in [0.25, 0.3) is 6.08 Å². The summed E-state index contributed by atoms with van der Waals surface area (Å²) >= 11 is 0. The zero-order valence-corrected chi connectivity index (χ0v) is 18.6. The Morgan fingerprint density at radius 2 is 1.88 bits per heavy atom. The highest BCUT2D eigenvalue weighted by Crippen LogP contribution is 2.43. The van der Waals surface area contributed by atoms with Gasteiger partial charge >= 0.3 is 0 Å². The third-order valence-corrected chi connectivity index (χ3v) is 6.91. The van der Waals surface area contributed by atoms with E-state index in [-0.39, 0.29) is 30.6 Å². The third kappa shape index (κ3) is 3.61. The summed E-state index contributed by atoms with van der Waals surface area (Å²) in [7, 11) is 0. The lowest BCUT2D eigenvalue weighted by molar-refractivity contribution is -0.133. The Morgan fingerprint density at radius 3 is 2.76 bits per heavy atom. The van der Waals surface area contributed by atoms with Crippen LogP contribution in [0.3, 0.4) is 0 Å². The second-order valence-electron chi connectivity index (χ2n) is 8.91. The van der Waals surface area contributed by atoms with Gasteiger partial charge in [0.2, 0.25) is 12.7 Å². The summed E-state index contributed by atoms with van der Waals surface area (Å²) in [6, 6.07) is 13.5. The third-order valence-electron chi connectivity index (χ3n) is 6.91. The van der Waals surface area contributed by atoms with Gasteiger partial charge in [0.15, 0.2) is 11.5 Å². The second kappa shape index (κ2) is 8.06. The quantitative estimate of drug-likeness (QED) is 0.650. The van der Waals surface area contributed by atoms with E-state index >= 15 is 0 Å². The monoisotopic (exact) mass is 456 g/mol. The molecule has 1 aromatic heterocycles. The first-order chi connectivity index (χ1) is 16.6. The van der Waals surface area contributed by atoms with Crippen LogP contribution in [0.4, 0.5) is 5.69 Å². The number of benzene rings is 2. The molecule has 8 heteroatoms. The molecule has 172 valence electrons. The van der Waals surface area contributed by atoms with Crippen LogP contribution in [-0.2, 0) is 16.8 Å². The van der Waals surface area contributed by atoms with Crippen molar-refractivity contribution in [3.05, 3.63) is 77.6 Å². The van der Waals surface area contributed by atoms with Crippen molar-refractivity contribution < 1.29 is 19.1 Å². The first-order valence-corrected chi connectivity index (χ1v) is 11.4. The largest absolute Gasteiger partial charge is 0.454 e. The zero-order chi connectivity index (χ0) is 23.1. The van der Waals surface area contributed by atoms with E-state index in [1.165, 1.54) is 11.1 Å². The van der Waals surface area contributed by atoms with E-state index in [9.17, 15) is 9.59 Å². The van der Waals surface area contributed by atoms with Crippen molar-refractivity contribution >= 4 is 23.6 Å². The highest BCUT2D eigenvalue weighted by molar-refractivity contribution is 6.04. The lowest BCUT2D eigenvalue weighted by Crippen LogP contribution is -2.45. The number of rotatable bonds is 4. The number of amides is 2. The molecule has 1 saturated heterocycles. The van der Waals surface area contributed by atoms with Crippen molar-refractivity contribution in [2.75, 3.05) is 25.2 Å². The van der Waals surface area contributed by atoms with Gasteiger partial charge in [0.1, 0.15) is 6.54 Å². The van der Waals surface area contributed by atoms with E-state index in [0.29, 0.717) is 35.8 Å². The van der Waals surface area contributed by atoms with Crippen LogP contribution in [0, 0.1) is 0 Å². The normalized spacial score (nSPS) is 17.1. The molecule has 0 radical (unpaired) electrons. The topological polar surface area (TPSA) is 85.7 Å². The Kier molecular flexibility index (Phi) is 4.86. The van der Waals surface area contributed by atoms with Gasteiger partial charge in [-0.15, -0.1) is 0 Å². The van der Waals surface area contributed by atoms with Crippen molar-refractivity contribution in [1.29, 1.82) is 0 Å². The highest BCUT2D eigenvalue weighted by Gasteiger charge is 2.38. The maximum absolute atomic E-state index is 12.9. The number of carbonyl (C=O) groups excluding carboxylic acids is 2. The van der Waals surface area contributed by atoms with E-state index in [1.54, 1.807) is 35.3 Å². The van der Waals surface area contributed by atoms with Crippen molar-refractivity contribution in [3.63, 3.8) is 0 Å². The van der Waals surface area contributed by atoms with Crippen LogP contribution in [0.1, 0.15) is 34.3 Å². The molecule has 1 aliphatic carbocycles. The molecule has 2 aromatic carbocycles. The average Bonchev–Trinajstić information content (AvgIpc) is 3.59. The Balaban J connectivity index is 1.05.